The van der Waals surface area contributed by atoms with Crippen LogP contribution in [0.15, 0.2) is 127 Å². The fraction of sp³-hybridized carbons (Fsp3) is 0. The highest BCUT2D eigenvalue weighted by molar-refractivity contribution is 14.0. The maximum atomic E-state index is 5.36. The van der Waals surface area contributed by atoms with E-state index >= 15 is 0 Å². The van der Waals surface area contributed by atoms with E-state index in [1.54, 1.807) is 0 Å². The zero-order valence-corrected chi connectivity index (χ0v) is 17.9. The number of fused-ring (bicyclic) bond motifs is 2. The quantitative estimate of drug-likeness (QED) is 0.181. The molecule has 0 bridgehead atoms. The van der Waals surface area contributed by atoms with E-state index in [-0.39, 0.29) is 24.0 Å². The zero-order chi connectivity index (χ0) is 18.7. The van der Waals surface area contributed by atoms with Gasteiger partial charge in [0.05, 0.1) is 0 Å². The van der Waals surface area contributed by atoms with Crippen molar-refractivity contribution in [3.8, 4) is 0 Å². The molecule has 0 radical (unpaired) electrons. The van der Waals surface area contributed by atoms with Gasteiger partial charge in [0, 0.05) is 5.69 Å². The van der Waals surface area contributed by atoms with Gasteiger partial charge in [-0.3, -0.25) is 0 Å². The Morgan fingerprint density at radius 3 is 0.714 bits per heavy atom. The monoisotopic (exact) mass is 477 g/mol. The average molecular weight is 477 g/mol. The molecule has 0 aromatic heterocycles. The van der Waals surface area contributed by atoms with Crippen LogP contribution in [0.5, 0.6) is 0 Å². The Morgan fingerprint density at radius 2 is 0.536 bits per heavy atom. The summed E-state index contributed by atoms with van der Waals surface area (Å²) in [5.41, 5.74) is 6.18. The van der Waals surface area contributed by atoms with Crippen LogP contribution in [0.25, 0.3) is 21.5 Å². The van der Waals surface area contributed by atoms with Crippen molar-refractivity contribution in [2.45, 2.75) is 0 Å². The third-order valence-electron chi connectivity index (χ3n) is 4.12. The third-order valence-corrected chi connectivity index (χ3v) is 4.12. The Bertz CT molecular complexity index is 889. The Morgan fingerprint density at radius 1 is 0.321 bits per heavy atom. The maximum absolute atomic E-state index is 5.36. The number of benzene rings is 5. The zero-order valence-electron chi connectivity index (χ0n) is 15.6. The van der Waals surface area contributed by atoms with Gasteiger partial charge in [-0.1, -0.05) is 115 Å². The normalized spacial score (nSPS) is 9.29. The van der Waals surface area contributed by atoms with E-state index in [9.17, 15) is 0 Å². The molecule has 140 valence electrons. The topological polar surface area (TPSA) is 26.0 Å². The highest BCUT2D eigenvalue weighted by atomic mass is 127. The highest BCUT2D eigenvalue weighted by Crippen LogP contribution is 2.12. The molecule has 0 heterocycles. The number of anilines is 1. The van der Waals surface area contributed by atoms with Crippen molar-refractivity contribution in [2.24, 2.45) is 0 Å². The first-order valence-corrected chi connectivity index (χ1v) is 9.01. The molecule has 1 nitrogen and oxygen atoms in total. The molecule has 0 aliphatic rings. The molecule has 0 amide bonds. The summed E-state index contributed by atoms with van der Waals surface area (Å²) < 4.78 is 0. The smallest absolute Gasteiger partial charge is 0.0313 e. The molecule has 5 aromatic carbocycles. The van der Waals surface area contributed by atoms with Crippen LogP contribution in [0.3, 0.4) is 0 Å². The van der Waals surface area contributed by atoms with Crippen LogP contribution in [0, 0.1) is 0 Å². The van der Waals surface area contributed by atoms with Crippen LogP contribution in [0.4, 0.5) is 5.69 Å². The van der Waals surface area contributed by atoms with Gasteiger partial charge in [-0.05, 0) is 33.7 Å². The van der Waals surface area contributed by atoms with E-state index in [2.05, 4.69) is 97.1 Å². The number of hydrogen-bond donors (Lipinski definition) is 1. The average Bonchev–Trinajstić information content (AvgIpc) is 2.75. The predicted octanol–water partition coefficient (Wildman–Crippen LogP) is 7.57. The first-order valence-electron chi connectivity index (χ1n) is 9.01. The number of halogens is 1. The molecule has 0 fully saturated rings. The lowest BCUT2D eigenvalue weighted by Gasteiger charge is -1.92. The molecule has 0 spiro atoms. The van der Waals surface area contributed by atoms with Gasteiger partial charge in [0.25, 0.3) is 0 Å². The van der Waals surface area contributed by atoms with Crippen LogP contribution in [0.1, 0.15) is 0 Å². The number of nitrogens with two attached hydrogens (primary N) is 1. The Hall–Kier alpha value is -2.85. The van der Waals surface area contributed by atoms with Crippen molar-refractivity contribution < 1.29 is 0 Å². The lowest BCUT2D eigenvalue weighted by Crippen LogP contribution is -1.79. The molecule has 0 aliphatic carbocycles. The molecular formula is C26H24IN. The lowest BCUT2D eigenvalue weighted by molar-refractivity contribution is 1.69. The van der Waals surface area contributed by atoms with Gasteiger partial charge in [0.15, 0.2) is 0 Å². The summed E-state index contributed by atoms with van der Waals surface area (Å²) in [7, 11) is 0. The van der Waals surface area contributed by atoms with Crippen molar-refractivity contribution in [3.63, 3.8) is 0 Å². The predicted molar refractivity (Wildman–Crippen MR) is 134 cm³/mol. The number of nitrogen functional groups attached to an aromatic ring is 1. The molecule has 0 saturated heterocycles. The molecule has 0 unspecified atom stereocenters. The molecule has 0 atom stereocenters. The number of hydrogen-bond acceptors (Lipinski definition) is 1. The lowest BCUT2D eigenvalue weighted by atomic mass is 10.1. The summed E-state index contributed by atoms with van der Waals surface area (Å²) in [6.45, 7) is 0. The summed E-state index contributed by atoms with van der Waals surface area (Å²) in [4.78, 5) is 0. The van der Waals surface area contributed by atoms with E-state index in [0.717, 1.165) is 5.69 Å². The SMILES string of the molecule is I.Nc1ccccc1.c1ccc2ccccc2c1.c1ccc2ccccc2c1. The van der Waals surface area contributed by atoms with Crippen LogP contribution in [-0.4, -0.2) is 0 Å². The fourth-order valence-corrected chi connectivity index (χ4v) is 2.72. The van der Waals surface area contributed by atoms with Gasteiger partial charge in [-0.25, -0.2) is 0 Å². The van der Waals surface area contributed by atoms with Crippen molar-refractivity contribution in [2.75, 3.05) is 5.73 Å². The Labute approximate surface area is 183 Å². The molecule has 5 rings (SSSR count). The van der Waals surface area contributed by atoms with Gasteiger partial charge in [0.2, 0.25) is 0 Å². The summed E-state index contributed by atoms with van der Waals surface area (Å²) in [6, 6.07) is 42.9. The molecule has 2 heteroatoms. The number of rotatable bonds is 0. The third kappa shape index (κ3) is 6.71. The summed E-state index contributed by atoms with van der Waals surface area (Å²) >= 11 is 0. The summed E-state index contributed by atoms with van der Waals surface area (Å²) in [6.07, 6.45) is 0. The standard InChI is InChI=1S/2C10H8.C6H7N.HI/c2*1-2-6-10-8-4-3-7-9(10)5-1;7-6-4-2-1-3-5-6;/h2*1-8H;1-5H,7H2;1H. The first-order chi connectivity index (χ1) is 13.3. The van der Waals surface area contributed by atoms with Gasteiger partial charge in [-0.15, -0.1) is 24.0 Å². The van der Waals surface area contributed by atoms with E-state index in [1.165, 1.54) is 21.5 Å². The summed E-state index contributed by atoms with van der Waals surface area (Å²) in [5.74, 6) is 0. The molecular weight excluding hydrogens is 453 g/mol. The van der Waals surface area contributed by atoms with Gasteiger partial charge in [0.1, 0.15) is 0 Å². The number of para-hydroxylation sites is 1. The second-order valence-electron chi connectivity index (χ2n) is 6.10. The van der Waals surface area contributed by atoms with E-state index in [1.807, 2.05) is 30.3 Å². The Balaban J connectivity index is 0.000000150. The van der Waals surface area contributed by atoms with Crippen molar-refractivity contribution >= 4 is 51.2 Å². The minimum Gasteiger partial charge on any atom is -0.399 e. The second kappa shape index (κ2) is 11.8. The van der Waals surface area contributed by atoms with Crippen molar-refractivity contribution in [1.82, 2.24) is 0 Å². The molecule has 5 aromatic rings. The van der Waals surface area contributed by atoms with E-state index in [0.29, 0.717) is 0 Å². The van der Waals surface area contributed by atoms with Crippen molar-refractivity contribution in [3.05, 3.63) is 127 Å². The summed E-state index contributed by atoms with van der Waals surface area (Å²) in [5, 5.41) is 5.24. The highest BCUT2D eigenvalue weighted by Gasteiger charge is 1.86. The van der Waals surface area contributed by atoms with Gasteiger partial charge < -0.3 is 5.73 Å². The van der Waals surface area contributed by atoms with Crippen LogP contribution in [0.2, 0.25) is 0 Å². The molecule has 28 heavy (non-hydrogen) atoms. The molecule has 0 aliphatic heterocycles. The van der Waals surface area contributed by atoms with Crippen LogP contribution >= 0.6 is 24.0 Å². The molecule has 2 N–H and O–H groups in total. The Kier molecular flexibility index (Phi) is 9.02. The van der Waals surface area contributed by atoms with Gasteiger partial charge in [-0.2, -0.15) is 0 Å². The molecule has 0 saturated carbocycles. The first kappa shape index (κ1) is 21.5. The van der Waals surface area contributed by atoms with Crippen molar-refractivity contribution in [1.29, 1.82) is 0 Å². The fourth-order valence-electron chi connectivity index (χ4n) is 2.72. The van der Waals surface area contributed by atoms with E-state index < -0.39 is 0 Å². The largest absolute Gasteiger partial charge is 0.399 e. The van der Waals surface area contributed by atoms with E-state index in [4.69, 9.17) is 5.73 Å². The van der Waals surface area contributed by atoms with Gasteiger partial charge >= 0.3 is 0 Å². The second-order valence-corrected chi connectivity index (χ2v) is 6.10. The van der Waals surface area contributed by atoms with Crippen LogP contribution < -0.4 is 5.73 Å². The minimum absolute atomic E-state index is 0. The van der Waals surface area contributed by atoms with Crippen LogP contribution in [-0.2, 0) is 0 Å². The minimum atomic E-state index is 0. The maximum Gasteiger partial charge on any atom is 0.0313 e.